The number of nitrogens with two attached hydrogens (primary N) is 1. The highest BCUT2D eigenvalue weighted by Crippen LogP contribution is 2.41. The lowest BCUT2D eigenvalue weighted by molar-refractivity contribution is 0.476. The molecule has 80 valence electrons. The Morgan fingerprint density at radius 1 is 1.07 bits per heavy atom. The predicted molar refractivity (Wildman–Crippen MR) is 63.0 cm³/mol. The lowest BCUT2D eigenvalue weighted by atomic mass is 9.73. The Morgan fingerprint density at radius 2 is 1.67 bits per heavy atom. The van der Waals surface area contributed by atoms with Crippen molar-refractivity contribution in [2.24, 2.45) is 5.73 Å². The first-order valence-corrected chi connectivity index (χ1v) is 6.23. The summed E-state index contributed by atoms with van der Waals surface area (Å²) < 4.78 is 0. The van der Waals surface area contributed by atoms with Crippen LogP contribution < -0.4 is 5.73 Å². The van der Waals surface area contributed by atoms with E-state index in [2.05, 4.69) is 12.1 Å². The molecule has 2 N–H and O–H groups in total. The second kappa shape index (κ2) is 3.64. The summed E-state index contributed by atoms with van der Waals surface area (Å²) in [5.74, 6) is 0.879. The van der Waals surface area contributed by atoms with Crippen LogP contribution in [0.2, 0.25) is 0 Å². The summed E-state index contributed by atoms with van der Waals surface area (Å²) in [5.41, 5.74) is 12.0. The Balaban J connectivity index is 2.15. The Kier molecular flexibility index (Phi) is 2.28. The van der Waals surface area contributed by atoms with Crippen molar-refractivity contribution >= 4 is 0 Å². The summed E-state index contributed by atoms with van der Waals surface area (Å²) in [6.45, 7) is 0.699. The van der Waals surface area contributed by atoms with E-state index in [-0.39, 0.29) is 0 Å². The molecule has 0 unspecified atom stereocenters. The van der Waals surface area contributed by atoms with Crippen LogP contribution in [0, 0.1) is 0 Å². The van der Waals surface area contributed by atoms with Gasteiger partial charge in [-0.05, 0) is 66.7 Å². The van der Waals surface area contributed by atoms with Gasteiger partial charge in [-0.25, -0.2) is 0 Å². The molecule has 0 atom stereocenters. The highest BCUT2D eigenvalue weighted by atomic mass is 14.5. The molecule has 1 nitrogen and oxygen atoms in total. The SMILES string of the molecule is NCc1cc2c3c(c1)CCCC3CCC2. The zero-order valence-electron chi connectivity index (χ0n) is 9.26. The molecule has 1 aromatic rings. The Labute approximate surface area is 91.7 Å². The smallest absolute Gasteiger partial charge is 0.0178 e. The van der Waals surface area contributed by atoms with Gasteiger partial charge in [0.1, 0.15) is 0 Å². The largest absolute Gasteiger partial charge is 0.326 e. The zero-order valence-corrected chi connectivity index (χ0v) is 9.26. The van der Waals surface area contributed by atoms with Crippen molar-refractivity contribution in [3.8, 4) is 0 Å². The van der Waals surface area contributed by atoms with Crippen molar-refractivity contribution in [2.45, 2.75) is 51.0 Å². The Bertz CT molecular complexity index is 350. The molecule has 15 heavy (non-hydrogen) atoms. The van der Waals surface area contributed by atoms with Gasteiger partial charge in [-0.2, -0.15) is 0 Å². The normalized spacial score (nSPS) is 20.1. The summed E-state index contributed by atoms with van der Waals surface area (Å²) in [4.78, 5) is 0. The highest BCUT2D eigenvalue weighted by Gasteiger charge is 2.26. The molecule has 0 fully saturated rings. The minimum absolute atomic E-state index is 0.699. The Morgan fingerprint density at radius 3 is 2.20 bits per heavy atom. The van der Waals surface area contributed by atoms with E-state index < -0.39 is 0 Å². The lowest BCUT2D eigenvalue weighted by Gasteiger charge is -2.32. The van der Waals surface area contributed by atoms with Gasteiger partial charge in [-0.15, -0.1) is 0 Å². The van der Waals surface area contributed by atoms with E-state index in [1.807, 2.05) is 0 Å². The first-order valence-electron chi connectivity index (χ1n) is 6.23. The summed E-state index contributed by atoms with van der Waals surface area (Å²) in [6, 6.07) is 4.71. The van der Waals surface area contributed by atoms with E-state index in [0.717, 1.165) is 5.92 Å². The molecule has 0 heterocycles. The van der Waals surface area contributed by atoms with E-state index in [9.17, 15) is 0 Å². The monoisotopic (exact) mass is 201 g/mol. The third-order valence-corrected chi connectivity index (χ3v) is 4.05. The molecule has 3 rings (SSSR count). The van der Waals surface area contributed by atoms with Crippen LogP contribution in [-0.4, -0.2) is 0 Å². The third kappa shape index (κ3) is 1.50. The third-order valence-electron chi connectivity index (χ3n) is 4.05. The number of hydrogen-bond donors (Lipinski definition) is 1. The minimum atomic E-state index is 0.699. The molecule has 0 radical (unpaired) electrons. The summed E-state index contributed by atoms with van der Waals surface area (Å²) in [5, 5.41) is 0. The first kappa shape index (κ1) is 9.41. The number of benzene rings is 1. The minimum Gasteiger partial charge on any atom is -0.326 e. The fourth-order valence-corrected chi connectivity index (χ4v) is 3.42. The van der Waals surface area contributed by atoms with Gasteiger partial charge in [0.2, 0.25) is 0 Å². The van der Waals surface area contributed by atoms with Gasteiger partial charge in [0.15, 0.2) is 0 Å². The molecule has 0 amide bonds. The van der Waals surface area contributed by atoms with Gasteiger partial charge in [0.05, 0.1) is 0 Å². The van der Waals surface area contributed by atoms with Crippen LogP contribution in [0.15, 0.2) is 12.1 Å². The molecule has 0 bridgehead atoms. The van der Waals surface area contributed by atoms with Gasteiger partial charge >= 0.3 is 0 Å². The number of hydrogen-bond acceptors (Lipinski definition) is 1. The molecule has 0 aromatic heterocycles. The van der Waals surface area contributed by atoms with Crippen LogP contribution in [0.4, 0.5) is 0 Å². The van der Waals surface area contributed by atoms with Gasteiger partial charge < -0.3 is 5.73 Å². The van der Waals surface area contributed by atoms with Crippen molar-refractivity contribution < 1.29 is 0 Å². The molecule has 1 aromatic carbocycles. The first-order chi connectivity index (χ1) is 7.38. The summed E-state index contributed by atoms with van der Waals surface area (Å²) in [7, 11) is 0. The van der Waals surface area contributed by atoms with Crippen molar-refractivity contribution in [3.05, 3.63) is 34.4 Å². The highest BCUT2D eigenvalue weighted by molar-refractivity contribution is 5.44. The van der Waals surface area contributed by atoms with Crippen LogP contribution in [0.3, 0.4) is 0 Å². The maximum atomic E-state index is 5.76. The van der Waals surface area contributed by atoms with E-state index in [1.165, 1.54) is 44.1 Å². The predicted octanol–water partition coefficient (Wildman–Crippen LogP) is 2.90. The van der Waals surface area contributed by atoms with Gasteiger partial charge in [0.25, 0.3) is 0 Å². The second-order valence-corrected chi connectivity index (χ2v) is 5.01. The van der Waals surface area contributed by atoms with Crippen molar-refractivity contribution in [3.63, 3.8) is 0 Å². The van der Waals surface area contributed by atoms with Crippen molar-refractivity contribution in [1.29, 1.82) is 0 Å². The Hall–Kier alpha value is -0.820. The van der Waals surface area contributed by atoms with E-state index in [0.29, 0.717) is 6.54 Å². The molecular weight excluding hydrogens is 182 g/mol. The number of aryl methyl sites for hydroxylation is 2. The molecule has 0 spiro atoms. The average Bonchev–Trinajstić information content (AvgIpc) is 2.29. The van der Waals surface area contributed by atoms with Crippen LogP contribution in [-0.2, 0) is 19.4 Å². The van der Waals surface area contributed by atoms with Crippen LogP contribution >= 0.6 is 0 Å². The van der Waals surface area contributed by atoms with Crippen LogP contribution in [0.25, 0.3) is 0 Å². The number of rotatable bonds is 1. The lowest BCUT2D eigenvalue weighted by Crippen LogP contribution is -2.18. The van der Waals surface area contributed by atoms with E-state index in [4.69, 9.17) is 5.73 Å². The van der Waals surface area contributed by atoms with Crippen LogP contribution in [0.5, 0.6) is 0 Å². The quantitative estimate of drug-likeness (QED) is 0.743. The fraction of sp³-hybridized carbons (Fsp3) is 0.571. The molecule has 1 heteroatoms. The standard InChI is InChI=1S/C14H19N/c15-9-10-7-12-5-1-3-11-4-2-6-13(8-10)14(11)12/h7-8,11H,1-6,9,15H2. The average molecular weight is 201 g/mol. The molecular formula is C14H19N. The molecule has 0 aliphatic heterocycles. The molecule has 0 saturated carbocycles. The summed E-state index contributed by atoms with van der Waals surface area (Å²) >= 11 is 0. The van der Waals surface area contributed by atoms with Gasteiger partial charge in [-0.1, -0.05) is 12.1 Å². The van der Waals surface area contributed by atoms with Gasteiger partial charge in [0, 0.05) is 6.54 Å². The zero-order chi connectivity index (χ0) is 10.3. The summed E-state index contributed by atoms with van der Waals surface area (Å²) in [6.07, 6.45) is 8.17. The second-order valence-electron chi connectivity index (χ2n) is 5.01. The molecule has 0 saturated heterocycles. The fourth-order valence-electron chi connectivity index (χ4n) is 3.42. The maximum absolute atomic E-state index is 5.76. The van der Waals surface area contributed by atoms with Crippen LogP contribution in [0.1, 0.15) is 53.9 Å². The van der Waals surface area contributed by atoms with Gasteiger partial charge in [-0.3, -0.25) is 0 Å². The maximum Gasteiger partial charge on any atom is 0.0178 e. The van der Waals surface area contributed by atoms with E-state index >= 15 is 0 Å². The topological polar surface area (TPSA) is 26.0 Å². The van der Waals surface area contributed by atoms with Crippen molar-refractivity contribution in [1.82, 2.24) is 0 Å². The molecule has 2 aliphatic rings. The molecule has 2 aliphatic carbocycles. The van der Waals surface area contributed by atoms with E-state index in [1.54, 1.807) is 16.7 Å². The van der Waals surface area contributed by atoms with Crippen molar-refractivity contribution in [2.75, 3.05) is 0 Å².